The van der Waals surface area contributed by atoms with Gasteiger partial charge >= 0.3 is 6.09 Å². The van der Waals surface area contributed by atoms with Crippen molar-refractivity contribution in [2.24, 2.45) is 5.73 Å². The number of amides is 1. The Kier molecular flexibility index (Phi) is 4.89. The zero-order chi connectivity index (χ0) is 13.2. The van der Waals surface area contributed by atoms with Crippen LogP contribution in [0.3, 0.4) is 0 Å². The number of primary amides is 1. The molecule has 0 spiro atoms. The summed E-state index contributed by atoms with van der Waals surface area (Å²) in [6, 6.07) is 2.87. The average molecular weight is 299 g/mol. The maximum absolute atomic E-state index is 10.6. The van der Waals surface area contributed by atoms with E-state index in [0.717, 1.165) is 0 Å². The van der Waals surface area contributed by atoms with Crippen LogP contribution in [0.25, 0.3) is 0 Å². The molecule has 0 aliphatic carbocycles. The van der Waals surface area contributed by atoms with Crippen LogP contribution < -0.4 is 5.73 Å². The number of rotatable bonds is 3. The fourth-order valence-electron chi connectivity index (χ4n) is 1.32. The van der Waals surface area contributed by atoms with E-state index in [4.69, 9.17) is 40.5 Å². The van der Waals surface area contributed by atoms with E-state index in [2.05, 4.69) is 4.74 Å². The van der Waals surface area contributed by atoms with Crippen molar-refractivity contribution in [3.63, 3.8) is 0 Å². The molecule has 3 N–H and O–H groups in total. The Bertz CT molecular complexity index is 416. The van der Waals surface area contributed by atoms with Crippen LogP contribution in [-0.2, 0) is 4.74 Å². The first-order valence-corrected chi connectivity index (χ1v) is 5.75. The van der Waals surface area contributed by atoms with E-state index in [0.29, 0.717) is 5.02 Å². The summed E-state index contributed by atoms with van der Waals surface area (Å²) >= 11 is 17.6. The smallest absolute Gasteiger partial charge is 0.404 e. The minimum atomic E-state index is -1.18. The molecule has 0 saturated heterocycles. The highest BCUT2D eigenvalue weighted by molar-refractivity contribution is 6.39. The molecule has 1 aromatic rings. The summed E-state index contributed by atoms with van der Waals surface area (Å²) in [4.78, 5) is 10.6. The highest BCUT2D eigenvalue weighted by Gasteiger charge is 2.24. The van der Waals surface area contributed by atoms with Gasteiger partial charge in [-0.2, -0.15) is 0 Å². The van der Waals surface area contributed by atoms with Crippen molar-refractivity contribution in [2.75, 3.05) is 0 Å². The molecule has 1 amide bonds. The Morgan fingerprint density at radius 3 is 2.24 bits per heavy atom. The number of aliphatic hydroxyl groups is 1. The minimum Gasteiger partial charge on any atom is -0.444 e. The molecule has 0 bridgehead atoms. The second-order valence-electron chi connectivity index (χ2n) is 3.37. The maximum Gasteiger partial charge on any atom is 0.404 e. The molecule has 0 saturated carbocycles. The third-order valence-electron chi connectivity index (χ3n) is 2.09. The first-order valence-electron chi connectivity index (χ1n) is 4.61. The molecule has 2 atom stereocenters. The number of nitrogens with two attached hydrogens (primary N) is 1. The molecule has 0 unspecified atom stereocenters. The van der Waals surface area contributed by atoms with Gasteiger partial charge in [0.2, 0.25) is 0 Å². The standard InChI is InChI=1S/C10H10Cl3NO3/c1-4(17-10(14)16)9(15)8-6(12)2-5(11)3-7(8)13/h2-4,9,15H,1H3,(H2,14,16)/t4-,9+/m0/s1. The quantitative estimate of drug-likeness (QED) is 0.900. The van der Waals surface area contributed by atoms with E-state index in [1.54, 1.807) is 0 Å². The maximum atomic E-state index is 10.6. The molecule has 94 valence electrons. The lowest BCUT2D eigenvalue weighted by Gasteiger charge is -2.20. The molecule has 4 nitrogen and oxygen atoms in total. The first-order chi connectivity index (χ1) is 7.82. The fourth-order valence-corrected chi connectivity index (χ4v) is 2.36. The van der Waals surface area contributed by atoms with Crippen LogP contribution in [-0.4, -0.2) is 17.3 Å². The second-order valence-corrected chi connectivity index (χ2v) is 4.62. The monoisotopic (exact) mass is 297 g/mol. The SMILES string of the molecule is C[C@H](OC(N)=O)[C@@H](O)c1c(Cl)cc(Cl)cc1Cl. The van der Waals surface area contributed by atoms with E-state index in [-0.39, 0.29) is 15.6 Å². The van der Waals surface area contributed by atoms with Gasteiger partial charge in [-0.15, -0.1) is 0 Å². The van der Waals surface area contributed by atoms with Gasteiger partial charge in [-0.3, -0.25) is 0 Å². The summed E-state index contributed by atoms with van der Waals surface area (Å²) in [6.45, 7) is 1.47. The van der Waals surface area contributed by atoms with Gasteiger partial charge in [0.15, 0.2) is 0 Å². The Balaban J connectivity index is 3.03. The van der Waals surface area contributed by atoms with Gasteiger partial charge in [0.1, 0.15) is 12.2 Å². The average Bonchev–Trinajstić information content (AvgIpc) is 2.14. The molecule has 1 aromatic carbocycles. The predicted molar refractivity (Wildman–Crippen MR) is 66.6 cm³/mol. The van der Waals surface area contributed by atoms with Gasteiger partial charge < -0.3 is 15.6 Å². The van der Waals surface area contributed by atoms with E-state index in [1.165, 1.54) is 19.1 Å². The van der Waals surface area contributed by atoms with Gasteiger partial charge in [0.05, 0.1) is 0 Å². The van der Waals surface area contributed by atoms with Crippen LogP contribution in [0, 0.1) is 0 Å². The third-order valence-corrected chi connectivity index (χ3v) is 2.93. The molecule has 0 radical (unpaired) electrons. The molecule has 0 aliphatic rings. The zero-order valence-electron chi connectivity index (χ0n) is 8.78. The van der Waals surface area contributed by atoms with Crippen molar-refractivity contribution in [1.82, 2.24) is 0 Å². The third kappa shape index (κ3) is 3.64. The number of carbonyl (C=O) groups is 1. The number of ether oxygens (including phenoxy) is 1. The van der Waals surface area contributed by atoms with Crippen LogP contribution in [0.4, 0.5) is 4.79 Å². The summed E-state index contributed by atoms with van der Waals surface area (Å²) in [6.07, 6.45) is -3.04. The van der Waals surface area contributed by atoms with Crippen LogP contribution in [0.5, 0.6) is 0 Å². The Morgan fingerprint density at radius 2 is 1.82 bits per heavy atom. The summed E-state index contributed by atoms with van der Waals surface area (Å²) in [7, 11) is 0. The summed E-state index contributed by atoms with van der Waals surface area (Å²) in [5.41, 5.74) is 5.09. The lowest BCUT2D eigenvalue weighted by atomic mass is 10.1. The minimum absolute atomic E-state index is 0.190. The Labute approximate surface area is 113 Å². The van der Waals surface area contributed by atoms with Crippen molar-refractivity contribution in [2.45, 2.75) is 19.1 Å². The fraction of sp³-hybridized carbons (Fsp3) is 0.300. The van der Waals surface area contributed by atoms with Crippen molar-refractivity contribution >= 4 is 40.9 Å². The molecule has 1 rings (SSSR count). The number of benzene rings is 1. The van der Waals surface area contributed by atoms with Gasteiger partial charge in [-0.1, -0.05) is 34.8 Å². The Morgan fingerprint density at radius 1 is 1.35 bits per heavy atom. The number of hydrogen-bond donors (Lipinski definition) is 2. The van der Waals surface area contributed by atoms with Crippen LogP contribution in [0.2, 0.25) is 15.1 Å². The molecule has 0 aromatic heterocycles. The normalized spacial score (nSPS) is 14.2. The van der Waals surface area contributed by atoms with E-state index < -0.39 is 18.3 Å². The molecule has 0 aliphatic heterocycles. The van der Waals surface area contributed by atoms with E-state index in [1.807, 2.05) is 0 Å². The summed E-state index contributed by atoms with van der Waals surface area (Å²) in [5, 5.41) is 10.7. The number of carbonyl (C=O) groups excluding carboxylic acids is 1. The molecule has 0 heterocycles. The lowest BCUT2D eigenvalue weighted by Crippen LogP contribution is -2.26. The molecule has 17 heavy (non-hydrogen) atoms. The molecule has 7 heteroatoms. The van der Waals surface area contributed by atoms with Gasteiger partial charge in [-0.05, 0) is 19.1 Å². The topological polar surface area (TPSA) is 72.5 Å². The molecular weight excluding hydrogens is 288 g/mol. The van der Waals surface area contributed by atoms with Gasteiger partial charge in [-0.25, -0.2) is 4.79 Å². The van der Waals surface area contributed by atoms with Crippen molar-refractivity contribution < 1.29 is 14.6 Å². The molecule has 0 fully saturated rings. The first kappa shape index (κ1) is 14.4. The molecular formula is C10H10Cl3NO3. The van der Waals surface area contributed by atoms with Crippen molar-refractivity contribution in [3.8, 4) is 0 Å². The summed E-state index contributed by atoms with van der Waals surface area (Å²) in [5.74, 6) is 0. The van der Waals surface area contributed by atoms with Gasteiger partial charge in [0.25, 0.3) is 0 Å². The number of hydrogen-bond acceptors (Lipinski definition) is 3. The van der Waals surface area contributed by atoms with E-state index >= 15 is 0 Å². The highest BCUT2D eigenvalue weighted by atomic mass is 35.5. The van der Waals surface area contributed by atoms with E-state index in [9.17, 15) is 9.90 Å². The zero-order valence-corrected chi connectivity index (χ0v) is 11.1. The predicted octanol–water partition coefficient (Wildman–Crippen LogP) is 3.16. The lowest BCUT2D eigenvalue weighted by molar-refractivity contribution is 0.0159. The Hall–Kier alpha value is -0.680. The van der Waals surface area contributed by atoms with Crippen LogP contribution >= 0.6 is 34.8 Å². The number of halogens is 3. The van der Waals surface area contributed by atoms with Crippen molar-refractivity contribution in [1.29, 1.82) is 0 Å². The second kappa shape index (κ2) is 5.78. The van der Waals surface area contributed by atoms with Crippen LogP contribution in [0.1, 0.15) is 18.6 Å². The number of aliphatic hydroxyl groups excluding tert-OH is 1. The van der Waals surface area contributed by atoms with Crippen LogP contribution in [0.15, 0.2) is 12.1 Å². The highest BCUT2D eigenvalue weighted by Crippen LogP contribution is 2.35. The largest absolute Gasteiger partial charge is 0.444 e. The van der Waals surface area contributed by atoms with Gasteiger partial charge in [0, 0.05) is 20.6 Å². The summed E-state index contributed by atoms with van der Waals surface area (Å²) < 4.78 is 4.65. The van der Waals surface area contributed by atoms with Crippen molar-refractivity contribution in [3.05, 3.63) is 32.8 Å².